The van der Waals surface area contributed by atoms with Crippen molar-refractivity contribution in [2.24, 2.45) is 0 Å². The molecule has 22 heavy (non-hydrogen) atoms. The minimum absolute atomic E-state index is 0.0112. The molecule has 1 aromatic carbocycles. The van der Waals surface area contributed by atoms with Gasteiger partial charge in [-0.3, -0.25) is 0 Å². The zero-order valence-corrected chi connectivity index (χ0v) is 13.3. The van der Waals surface area contributed by atoms with Gasteiger partial charge in [-0.2, -0.15) is 5.10 Å². The van der Waals surface area contributed by atoms with Gasteiger partial charge in [-0.15, -0.1) is 11.3 Å². The fourth-order valence-electron chi connectivity index (χ4n) is 2.14. The molecular weight excluding hydrogens is 324 g/mol. The first-order valence-electron chi connectivity index (χ1n) is 6.64. The van der Waals surface area contributed by atoms with Gasteiger partial charge in [0.2, 0.25) is 0 Å². The standard InChI is InChI=1S/C15H13ClN2O3S/c1-9-10-8-13(15(20)21-7-6-19)22-14(10)18(17-9)12-5-3-2-4-11(12)16/h2-5,8,19H,6-7H2,1H3. The maximum absolute atomic E-state index is 11.9. The molecule has 2 heterocycles. The summed E-state index contributed by atoms with van der Waals surface area (Å²) in [4.78, 5) is 13.2. The predicted octanol–water partition coefficient (Wildman–Crippen LogP) is 3.20. The SMILES string of the molecule is Cc1nn(-c2ccccc2Cl)c2sc(C(=O)OCCO)cc12. The van der Waals surface area contributed by atoms with E-state index in [0.29, 0.717) is 9.90 Å². The van der Waals surface area contributed by atoms with E-state index in [1.807, 2.05) is 25.1 Å². The van der Waals surface area contributed by atoms with Crippen molar-refractivity contribution in [3.63, 3.8) is 0 Å². The van der Waals surface area contributed by atoms with Gasteiger partial charge in [0.05, 0.1) is 23.0 Å². The lowest BCUT2D eigenvalue weighted by Gasteiger charge is -2.04. The Labute approximate surface area is 135 Å². The highest BCUT2D eigenvalue weighted by molar-refractivity contribution is 7.20. The molecule has 0 aliphatic carbocycles. The van der Waals surface area contributed by atoms with Crippen molar-refractivity contribution in [1.82, 2.24) is 9.78 Å². The molecule has 0 fully saturated rings. The predicted molar refractivity (Wildman–Crippen MR) is 86.1 cm³/mol. The van der Waals surface area contributed by atoms with E-state index in [0.717, 1.165) is 21.6 Å². The van der Waals surface area contributed by atoms with Crippen molar-refractivity contribution in [3.8, 4) is 5.69 Å². The van der Waals surface area contributed by atoms with Gasteiger partial charge in [0.15, 0.2) is 0 Å². The van der Waals surface area contributed by atoms with Crippen molar-refractivity contribution in [2.75, 3.05) is 13.2 Å². The summed E-state index contributed by atoms with van der Waals surface area (Å²) in [5.74, 6) is -0.444. The maximum Gasteiger partial charge on any atom is 0.348 e. The third kappa shape index (κ3) is 2.61. The monoisotopic (exact) mass is 336 g/mol. The number of aromatic nitrogens is 2. The molecule has 0 radical (unpaired) electrons. The van der Waals surface area contributed by atoms with Crippen LogP contribution in [0.3, 0.4) is 0 Å². The highest BCUT2D eigenvalue weighted by Crippen LogP contribution is 2.32. The van der Waals surface area contributed by atoms with Crippen LogP contribution < -0.4 is 0 Å². The Hall–Kier alpha value is -1.89. The minimum Gasteiger partial charge on any atom is -0.459 e. The number of carbonyl (C=O) groups excluding carboxylic acids is 1. The van der Waals surface area contributed by atoms with E-state index in [4.69, 9.17) is 21.4 Å². The number of ether oxygens (including phenoxy) is 1. The third-order valence-electron chi connectivity index (χ3n) is 3.15. The van der Waals surface area contributed by atoms with Crippen LogP contribution in [0.1, 0.15) is 15.4 Å². The molecule has 2 aromatic heterocycles. The second kappa shape index (κ2) is 6.08. The molecule has 0 unspecified atom stereocenters. The number of hydrogen-bond acceptors (Lipinski definition) is 5. The third-order valence-corrected chi connectivity index (χ3v) is 4.56. The molecule has 0 aliphatic heterocycles. The van der Waals surface area contributed by atoms with Crippen molar-refractivity contribution in [2.45, 2.75) is 6.92 Å². The highest BCUT2D eigenvalue weighted by Gasteiger charge is 2.18. The summed E-state index contributed by atoms with van der Waals surface area (Å²) in [5, 5.41) is 14.7. The molecular formula is C15H13ClN2O3S. The topological polar surface area (TPSA) is 64.4 Å². The van der Waals surface area contributed by atoms with Crippen molar-refractivity contribution in [3.05, 3.63) is 45.9 Å². The van der Waals surface area contributed by atoms with Crippen molar-refractivity contribution >= 4 is 39.1 Å². The molecule has 7 heteroatoms. The number of hydrogen-bond donors (Lipinski definition) is 1. The summed E-state index contributed by atoms with van der Waals surface area (Å²) in [6.07, 6.45) is 0. The van der Waals surface area contributed by atoms with Crippen LogP contribution in [0.25, 0.3) is 15.9 Å². The highest BCUT2D eigenvalue weighted by atomic mass is 35.5. The van der Waals surface area contributed by atoms with Crippen molar-refractivity contribution < 1.29 is 14.6 Å². The molecule has 114 valence electrons. The largest absolute Gasteiger partial charge is 0.459 e. The van der Waals surface area contributed by atoms with Crippen LogP contribution in [0.2, 0.25) is 5.02 Å². The van der Waals surface area contributed by atoms with Crippen LogP contribution in [-0.4, -0.2) is 34.1 Å². The number of halogens is 1. The second-order valence-electron chi connectivity index (χ2n) is 4.64. The van der Waals surface area contributed by atoms with Gasteiger partial charge in [-0.05, 0) is 25.1 Å². The van der Waals surface area contributed by atoms with E-state index in [1.165, 1.54) is 11.3 Å². The number of aliphatic hydroxyl groups is 1. The van der Waals surface area contributed by atoms with E-state index in [9.17, 15) is 4.79 Å². The molecule has 0 bridgehead atoms. The molecule has 0 saturated heterocycles. The summed E-state index contributed by atoms with van der Waals surface area (Å²) in [6.45, 7) is 1.68. The Morgan fingerprint density at radius 3 is 2.95 bits per heavy atom. The number of benzene rings is 1. The van der Waals surface area contributed by atoms with Crippen LogP contribution in [-0.2, 0) is 4.74 Å². The van der Waals surface area contributed by atoms with Gasteiger partial charge >= 0.3 is 5.97 Å². The average Bonchev–Trinajstić information content (AvgIpc) is 3.07. The van der Waals surface area contributed by atoms with E-state index in [2.05, 4.69) is 5.10 Å². The van der Waals surface area contributed by atoms with E-state index in [1.54, 1.807) is 16.8 Å². The Morgan fingerprint density at radius 1 is 1.45 bits per heavy atom. The zero-order valence-electron chi connectivity index (χ0n) is 11.7. The first-order chi connectivity index (χ1) is 10.6. The minimum atomic E-state index is -0.444. The lowest BCUT2D eigenvalue weighted by molar-refractivity contribution is 0.0439. The number of aliphatic hydroxyl groups excluding tert-OH is 1. The summed E-state index contributed by atoms with van der Waals surface area (Å²) >= 11 is 7.52. The summed E-state index contributed by atoms with van der Waals surface area (Å²) in [7, 11) is 0. The van der Waals surface area contributed by atoms with Gasteiger partial charge in [0.1, 0.15) is 16.3 Å². The van der Waals surface area contributed by atoms with Crippen LogP contribution in [0, 0.1) is 6.92 Å². The van der Waals surface area contributed by atoms with Crippen LogP contribution >= 0.6 is 22.9 Å². The normalized spacial score (nSPS) is 11.0. The number of fused-ring (bicyclic) bond motifs is 1. The second-order valence-corrected chi connectivity index (χ2v) is 6.08. The Bertz CT molecular complexity index is 841. The van der Waals surface area contributed by atoms with Gasteiger partial charge < -0.3 is 9.84 Å². The van der Waals surface area contributed by atoms with Crippen LogP contribution in [0.15, 0.2) is 30.3 Å². The van der Waals surface area contributed by atoms with Gasteiger partial charge in [0.25, 0.3) is 0 Å². The quantitative estimate of drug-likeness (QED) is 0.743. The molecule has 3 aromatic rings. The number of thiophene rings is 1. The summed E-state index contributed by atoms with van der Waals surface area (Å²) in [5.41, 5.74) is 1.58. The Morgan fingerprint density at radius 2 is 2.23 bits per heavy atom. The lowest BCUT2D eigenvalue weighted by atomic mass is 10.3. The zero-order chi connectivity index (χ0) is 15.7. The average molecular weight is 337 g/mol. The van der Waals surface area contributed by atoms with E-state index >= 15 is 0 Å². The van der Waals surface area contributed by atoms with E-state index in [-0.39, 0.29) is 13.2 Å². The van der Waals surface area contributed by atoms with Gasteiger partial charge in [-0.25, -0.2) is 9.48 Å². The first kappa shape index (κ1) is 15.0. The maximum atomic E-state index is 11.9. The summed E-state index contributed by atoms with van der Waals surface area (Å²) < 4.78 is 6.69. The number of aryl methyl sites for hydroxylation is 1. The molecule has 0 aliphatic rings. The van der Waals surface area contributed by atoms with Crippen molar-refractivity contribution in [1.29, 1.82) is 0 Å². The first-order valence-corrected chi connectivity index (χ1v) is 7.83. The van der Waals surface area contributed by atoms with Crippen LogP contribution in [0.4, 0.5) is 0 Å². The molecule has 0 saturated carbocycles. The smallest absolute Gasteiger partial charge is 0.348 e. The number of esters is 1. The molecule has 0 atom stereocenters. The van der Waals surface area contributed by atoms with E-state index < -0.39 is 5.97 Å². The molecule has 0 spiro atoms. The van der Waals surface area contributed by atoms with Gasteiger partial charge in [-0.1, -0.05) is 23.7 Å². The molecule has 3 rings (SSSR count). The fourth-order valence-corrected chi connectivity index (χ4v) is 3.43. The number of para-hydroxylation sites is 1. The summed E-state index contributed by atoms with van der Waals surface area (Å²) in [6, 6.07) is 9.16. The molecule has 5 nitrogen and oxygen atoms in total. The van der Waals surface area contributed by atoms with Gasteiger partial charge in [0, 0.05) is 5.39 Å². The number of rotatable bonds is 4. The Balaban J connectivity index is 2.08. The van der Waals surface area contributed by atoms with Crippen LogP contribution in [0.5, 0.6) is 0 Å². The number of nitrogens with zero attached hydrogens (tertiary/aromatic N) is 2. The molecule has 1 N–H and O–H groups in total. The Kier molecular flexibility index (Phi) is 4.15. The fraction of sp³-hybridized carbons (Fsp3) is 0.200. The number of carbonyl (C=O) groups is 1. The lowest BCUT2D eigenvalue weighted by Crippen LogP contribution is -2.07. The molecule has 0 amide bonds.